The Kier molecular flexibility index (Phi) is 8.06. The number of anilines is 2. The number of carbonyl (C=O) groups is 1. The largest absolute Gasteiger partial charge is 0.464 e. The molecule has 0 aromatic heterocycles. The first-order valence-electron chi connectivity index (χ1n) is 11.7. The zero-order chi connectivity index (χ0) is 24.1. The molecular weight excluding hydrogens is 463 g/mol. The van der Waals surface area contributed by atoms with E-state index in [1.807, 2.05) is 29.2 Å². The minimum atomic E-state index is -4.36. The van der Waals surface area contributed by atoms with E-state index in [1.54, 1.807) is 13.0 Å². The molecule has 0 N–H and O–H groups in total. The van der Waals surface area contributed by atoms with Crippen LogP contribution < -0.4 is 4.90 Å². The van der Waals surface area contributed by atoms with Gasteiger partial charge in [0.05, 0.1) is 16.9 Å². The fourth-order valence-electron chi connectivity index (χ4n) is 4.33. The predicted octanol–water partition coefficient (Wildman–Crippen LogP) is 5.27. The Morgan fingerprint density at radius 2 is 1.62 bits per heavy atom. The molecule has 0 atom stereocenters. The molecular formula is C25H30F3N3O2S. The number of hydrogen-bond acceptors (Lipinski definition) is 6. The summed E-state index contributed by atoms with van der Waals surface area (Å²) in [5.74, 6) is -0.166. The van der Waals surface area contributed by atoms with Gasteiger partial charge in [0, 0.05) is 55.5 Å². The summed E-state index contributed by atoms with van der Waals surface area (Å²) in [5.41, 5.74) is 0.979. The molecule has 0 radical (unpaired) electrons. The number of fused-ring (bicyclic) bond motifs is 2. The van der Waals surface area contributed by atoms with Gasteiger partial charge in [-0.15, -0.1) is 0 Å². The molecule has 184 valence electrons. The molecule has 0 saturated carbocycles. The van der Waals surface area contributed by atoms with Gasteiger partial charge in [-0.05, 0) is 43.3 Å². The predicted molar refractivity (Wildman–Crippen MR) is 128 cm³/mol. The maximum absolute atomic E-state index is 13.4. The van der Waals surface area contributed by atoms with Gasteiger partial charge in [0.25, 0.3) is 0 Å². The van der Waals surface area contributed by atoms with Gasteiger partial charge in [-0.2, -0.15) is 13.2 Å². The number of benzene rings is 2. The molecule has 5 nitrogen and oxygen atoms in total. The van der Waals surface area contributed by atoms with Gasteiger partial charge >= 0.3 is 12.1 Å². The molecule has 0 spiro atoms. The Labute approximate surface area is 202 Å². The van der Waals surface area contributed by atoms with Crippen LogP contribution in [0.4, 0.5) is 24.5 Å². The van der Waals surface area contributed by atoms with Crippen molar-refractivity contribution in [2.24, 2.45) is 0 Å². The van der Waals surface area contributed by atoms with E-state index in [0.717, 1.165) is 61.2 Å². The number of hydrogen-bond donors (Lipinski definition) is 0. The summed E-state index contributed by atoms with van der Waals surface area (Å²) in [6.45, 7) is 8.22. The molecule has 2 aromatic carbocycles. The summed E-state index contributed by atoms with van der Waals surface area (Å²) < 4.78 is 45.3. The van der Waals surface area contributed by atoms with Crippen molar-refractivity contribution >= 4 is 29.1 Å². The van der Waals surface area contributed by atoms with Crippen molar-refractivity contribution < 1.29 is 22.7 Å². The molecule has 4 rings (SSSR count). The highest BCUT2D eigenvalue weighted by molar-refractivity contribution is 7.99. The molecule has 1 fully saturated rings. The third-order valence-corrected chi connectivity index (χ3v) is 7.36. The highest BCUT2D eigenvalue weighted by Gasteiger charge is 2.33. The fourth-order valence-corrected chi connectivity index (χ4v) is 5.40. The quantitative estimate of drug-likeness (QED) is 0.467. The maximum Gasteiger partial charge on any atom is 0.416 e. The first-order valence-corrected chi connectivity index (χ1v) is 12.5. The minimum absolute atomic E-state index is 0.166. The van der Waals surface area contributed by atoms with Crippen molar-refractivity contribution in [2.45, 2.75) is 35.7 Å². The van der Waals surface area contributed by atoms with E-state index in [1.165, 1.54) is 23.9 Å². The second kappa shape index (κ2) is 11.0. The van der Waals surface area contributed by atoms with Crippen LogP contribution in [-0.4, -0.2) is 68.2 Å². The summed E-state index contributed by atoms with van der Waals surface area (Å²) >= 11 is 1.52. The summed E-state index contributed by atoms with van der Waals surface area (Å²) in [6, 6.07) is 11.9. The Morgan fingerprint density at radius 3 is 2.32 bits per heavy atom. The van der Waals surface area contributed by atoms with Gasteiger partial charge in [-0.25, -0.2) is 0 Å². The van der Waals surface area contributed by atoms with Gasteiger partial charge in [0.2, 0.25) is 0 Å². The monoisotopic (exact) mass is 493 g/mol. The van der Waals surface area contributed by atoms with E-state index in [-0.39, 0.29) is 5.97 Å². The lowest BCUT2D eigenvalue weighted by molar-refractivity contribution is -0.143. The Morgan fingerprint density at radius 1 is 0.941 bits per heavy atom. The van der Waals surface area contributed by atoms with Gasteiger partial charge in [0.15, 0.2) is 0 Å². The topological polar surface area (TPSA) is 36.0 Å². The van der Waals surface area contributed by atoms with Crippen LogP contribution in [0.5, 0.6) is 0 Å². The molecule has 34 heavy (non-hydrogen) atoms. The number of para-hydroxylation sites is 1. The van der Waals surface area contributed by atoms with Crippen molar-refractivity contribution in [2.75, 3.05) is 57.3 Å². The molecule has 1 saturated heterocycles. The van der Waals surface area contributed by atoms with Crippen LogP contribution in [0.15, 0.2) is 52.3 Å². The molecule has 2 heterocycles. The van der Waals surface area contributed by atoms with Crippen molar-refractivity contribution in [3.05, 3.63) is 48.0 Å². The lowest BCUT2D eigenvalue weighted by atomic mass is 10.1. The lowest BCUT2D eigenvalue weighted by Crippen LogP contribution is -2.47. The zero-order valence-corrected chi connectivity index (χ0v) is 20.1. The summed E-state index contributed by atoms with van der Waals surface area (Å²) in [7, 11) is 0. The zero-order valence-electron chi connectivity index (χ0n) is 19.3. The number of piperazine rings is 1. The van der Waals surface area contributed by atoms with E-state index in [0.29, 0.717) is 25.3 Å². The van der Waals surface area contributed by atoms with Crippen molar-refractivity contribution in [1.82, 2.24) is 9.80 Å². The molecule has 0 bridgehead atoms. The van der Waals surface area contributed by atoms with Crippen LogP contribution in [-0.2, 0) is 15.7 Å². The van der Waals surface area contributed by atoms with Crippen molar-refractivity contribution in [1.29, 1.82) is 0 Å². The molecule has 9 heteroatoms. The smallest absolute Gasteiger partial charge is 0.416 e. The molecule has 2 aliphatic rings. The van der Waals surface area contributed by atoms with Crippen LogP contribution in [0.1, 0.15) is 25.3 Å². The van der Waals surface area contributed by atoms with Crippen LogP contribution in [0.2, 0.25) is 0 Å². The number of carbonyl (C=O) groups excluding carboxylic acids is 1. The van der Waals surface area contributed by atoms with E-state index >= 15 is 0 Å². The Hall–Kier alpha value is -2.23. The maximum atomic E-state index is 13.4. The average molecular weight is 494 g/mol. The van der Waals surface area contributed by atoms with Crippen LogP contribution in [0, 0.1) is 0 Å². The second-order valence-corrected chi connectivity index (χ2v) is 9.60. The second-order valence-electron chi connectivity index (χ2n) is 8.51. The number of nitrogens with zero attached hydrogens (tertiary/aromatic N) is 3. The van der Waals surface area contributed by atoms with Crippen LogP contribution in [0.3, 0.4) is 0 Å². The van der Waals surface area contributed by atoms with Crippen molar-refractivity contribution in [3.8, 4) is 0 Å². The van der Waals surface area contributed by atoms with Crippen LogP contribution in [0.25, 0.3) is 0 Å². The van der Waals surface area contributed by atoms with Crippen LogP contribution >= 0.6 is 11.8 Å². The van der Waals surface area contributed by atoms with Crippen molar-refractivity contribution in [3.63, 3.8) is 0 Å². The third-order valence-electron chi connectivity index (χ3n) is 6.23. The Balaban J connectivity index is 1.34. The van der Waals surface area contributed by atoms with E-state index < -0.39 is 11.7 Å². The highest BCUT2D eigenvalue weighted by atomic mass is 32.2. The van der Waals surface area contributed by atoms with E-state index in [2.05, 4.69) is 9.80 Å². The number of ether oxygens (including phenoxy) is 1. The minimum Gasteiger partial charge on any atom is -0.464 e. The summed E-state index contributed by atoms with van der Waals surface area (Å²) in [5, 5.41) is 0. The molecule has 0 amide bonds. The molecule has 0 aliphatic carbocycles. The number of esters is 1. The summed E-state index contributed by atoms with van der Waals surface area (Å²) in [4.78, 5) is 19.9. The SMILES string of the molecule is CCC(=O)OCCN1CCN(CCCN2c3ccccc3Sc3ccc(C(F)(F)F)cc32)CC1. The third kappa shape index (κ3) is 6.06. The number of alkyl halides is 3. The first-order chi connectivity index (χ1) is 16.3. The molecule has 2 aromatic rings. The van der Waals surface area contributed by atoms with Gasteiger partial charge in [-0.1, -0.05) is 30.8 Å². The lowest BCUT2D eigenvalue weighted by Gasteiger charge is -2.36. The van der Waals surface area contributed by atoms with Gasteiger partial charge in [-0.3, -0.25) is 9.69 Å². The summed E-state index contributed by atoms with van der Waals surface area (Å²) in [6.07, 6.45) is -3.12. The molecule has 2 aliphatic heterocycles. The highest BCUT2D eigenvalue weighted by Crippen LogP contribution is 2.49. The first kappa shape index (κ1) is 24.9. The average Bonchev–Trinajstić information content (AvgIpc) is 2.83. The fraction of sp³-hybridized carbons (Fsp3) is 0.480. The Bertz CT molecular complexity index is 994. The van der Waals surface area contributed by atoms with Gasteiger partial charge in [0.1, 0.15) is 6.61 Å². The number of halogens is 3. The van der Waals surface area contributed by atoms with Gasteiger partial charge < -0.3 is 14.5 Å². The molecule has 0 unspecified atom stereocenters. The normalized spacial score (nSPS) is 16.8. The number of rotatable bonds is 8. The standard InChI is InChI=1S/C25H30F3N3O2S/c1-2-24(32)33-17-16-30-14-12-29(13-15-30)10-5-11-31-20-6-3-4-7-22(20)34-23-9-8-19(18-21(23)31)25(26,27)28/h3-4,6-9,18H,2,5,10-17H2,1H3. The van der Waals surface area contributed by atoms with E-state index in [4.69, 9.17) is 4.74 Å². The van der Waals surface area contributed by atoms with E-state index in [9.17, 15) is 18.0 Å².